The van der Waals surface area contributed by atoms with Crippen LogP contribution in [-0.4, -0.2) is 18.3 Å². The first kappa shape index (κ1) is 24.9. The van der Waals surface area contributed by atoms with Crippen LogP contribution in [0, 0.1) is 35.2 Å². The number of hydrogen-bond donors (Lipinski definition) is 0. The van der Waals surface area contributed by atoms with Gasteiger partial charge in [0.15, 0.2) is 17.5 Å². The molecule has 1 saturated carbocycles. The molecule has 3 rings (SSSR count). The van der Waals surface area contributed by atoms with E-state index in [4.69, 9.17) is 4.74 Å². The SMILES string of the molecule is CCCC1C=CC(C(F)(F)OC2CCC(C(F)(F)Oc3cc(F)c(F)c(F)c3)CC2)CC1. The van der Waals surface area contributed by atoms with Crippen molar-refractivity contribution in [2.45, 2.75) is 76.6 Å². The molecule has 2 nitrogen and oxygen atoms in total. The molecule has 2 unspecified atom stereocenters. The first-order chi connectivity index (χ1) is 15.0. The summed E-state index contributed by atoms with van der Waals surface area (Å²) in [5, 5.41) is 0. The van der Waals surface area contributed by atoms with Gasteiger partial charge in [-0.25, -0.2) is 13.2 Å². The topological polar surface area (TPSA) is 18.5 Å². The molecular weight excluding hydrogens is 441 g/mol. The van der Waals surface area contributed by atoms with Gasteiger partial charge in [-0.2, -0.15) is 17.6 Å². The van der Waals surface area contributed by atoms with Gasteiger partial charge < -0.3 is 9.47 Å². The summed E-state index contributed by atoms with van der Waals surface area (Å²) in [5.41, 5.74) is 0. The molecule has 0 heterocycles. The number of ether oxygens (including phenoxy) is 2. The van der Waals surface area contributed by atoms with E-state index in [0.717, 1.165) is 12.8 Å². The molecule has 0 amide bonds. The van der Waals surface area contributed by atoms with Gasteiger partial charge in [0.1, 0.15) is 5.75 Å². The van der Waals surface area contributed by atoms with E-state index in [1.54, 1.807) is 0 Å². The minimum absolute atomic E-state index is 0.0275. The van der Waals surface area contributed by atoms with Crippen molar-refractivity contribution in [3.05, 3.63) is 41.7 Å². The van der Waals surface area contributed by atoms with Crippen LogP contribution in [0.1, 0.15) is 58.3 Å². The summed E-state index contributed by atoms with van der Waals surface area (Å²) < 4.78 is 107. The van der Waals surface area contributed by atoms with Gasteiger partial charge in [0.05, 0.1) is 17.9 Å². The summed E-state index contributed by atoms with van der Waals surface area (Å²) in [4.78, 5) is 0. The summed E-state index contributed by atoms with van der Waals surface area (Å²) in [5.74, 6) is -8.01. The van der Waals surface area contributed by atoms with Crippen molar-refractivity contribution in [2.24, 2.45) is 17.8 Å². The van der Waals surface area contributed by atoms with Crippen molar-refractivity contribution in [3.63, 3.8) is 0 Å². The Morgan fingerprint density at radius 2 is 1.47 bits per heavy atom. The monoisotopic (exact) mass is 468 g/mol. The quantitative estimate of drug-likeness (QED) is 0.222. The van der Waals surface area contributed by atoms with E-state index in [2.05, 4.69) is 4.74 Å². The van der Waals surface area contributed by atoms with E-state index in [0.29, 0.717) is 30.9 Å². The van der Waals surface area contributed by atoms with Gasteiger partial charge in [0.2, 0.25) is 0 Å². The lowest BCUT2D eigenvalue weighted by atomic mass is 9.84. The zero-order valence-corrected chi connectivity index (χ0v) is 17.7. The fourth-order valence-electron chi connectivity index (χ4n) is 4.43. The minimum Gasteiger partial charge on any atom is -0.432 e. The molecule has 9 heteroatoms. The Morgan fingerprint density at radius 1 is 0.844 bits per heavy atom. The molecule has 180 valence electrons. The highest BCUT2D eigenvalue weighted by Gasteiger charge is 2.47. The average Bonchev–Trinajstić information content (AvgIpc) is 2.72. The van der Waals surface area contributed by atoms with Crippen LogP contribution in [0.15, 0.2) is 24.3 Å². The smallest absolute Gasteiger partial charge is 0.400 e. The molecule has 0 radical (unpaired) electrons. The van der Waals surface area contributed by atoms with Crippen molar-refractivity contribution in [1.82, 2.24) is 0 Å². The third-order valence-electron chi connectivity index (χ3n) is 6.24. The van der Waals surface area contributed by atoms with Crippen LogP contribution < -0.4 is 4.74 Å². The van der Waals surface area contributed by atoms with Gasteiger partial charge in [-0.05, 0) is 50.9 Å². The van der Waals surface area contributed by atoms with Crippen molar-refractivity contribution in [1.29, 1.82) is 0 Å². The molecule has 0 spiro atoms. The molecule has 2 atom stereocenters. The Bertz CT molecular complexity index is 781. The minimum atomic E-state index is -3.80. The zero-order valence-electron chi connectivity index (χ0n) is 17.7. The van der Waals surface area contributed by atoms with E-state index in [9.17, 15) is 30.7 Å². The van der Waals surface area contributed by atoms with E-state index < -0.39 is 53.4 Å². The predicted octanol–water partition coefficient (Wildman–Crippen LogP) is 7.63. The summed E-state index contributed by atoms with van der Waals surface area (Å²) >= 11 is 0. The molecule has 1 fully saturated rings. The van der Waals surface area contributed by atoms with Crippen LogP contribution >= 0.6 is 0 Å². The molecule has 0 aliphatic heterocycles. The average molecular weight is 468 g/mol. The number of allylic oxidation sites excluding steroid dienone is 1. The van der Waals surface area contributed by atoms with Crippen LogP contribution in [0.25, 0.3) is 0 Å². The van der Waals surface area contributed by atoms with Gasteiger partial charge >= 0.3 is 12.2 Å². The fraction of sp³-hybridized carbons (Fsp3) is 0.652. The predicted molar refractivity (Wildman–Crippen MR) is 104 cm³/mol. The van der Waals surface area contributed by atoms with Gasteiger partial charge in [-0.15, -0.1) is 0 Å². The summed E-state index contributed by atoms with van der Waals surface area (Å²) in [6.45, 7) is 2.04. The first-order valence-electron chi connectivity index (χ1n) is 11.0. The largest absolute Gasteiger partial charge is 0.432 e. The maximum Gasteiger partial charge on any atom is 0.400 e. The van der Waals surface area contributed by atoms with Crippen molar-refractivity contribution in [3.8, 4) is 5.75 Å². The number of alkyl halides is 4. The highest BCUT2D eigenvalue weighted by atomic mass is 19.3. The van der Waals surface area contributed by atoms with E-state index in [1.807, 2.05) is 13.0 Å². The first-order valence-corrected chi connectivity index (χ1v) is 11.0. The lowest BCUT2D eigenvalue weighted by Gasteiger charge is -2.36. The number of rotatable bonds is 8. The molecule has 0 aromatic heterocycles. The normalized spacial score (nSPS) is 26.9. The van der Waals surface area contributed by atoms with Crippen molar-refractivity contribution >= 4 is 0 Å². The van der Waals surface area contributed by atoms with Gasteiger partial charge in [0.25, 0.3) is 0 Å². The van der Waals surface area contributed by atoms with Crippen LogP contribution in [-0.2, 0) is 4.74 Å². The van der Waals surface area contributed by atoms with E-state index in [1.165, 1.54) is 6.08 Å². The van der Waals surface area contributed by atoms with Crippen LogP contribution in [0.5, 0.6) is 5.75 Å². The molecule has 32 heavy (non-hydrogen) atoms. The maximum atomic E-state index is 14.6. The molecule has 2 aliphatic rings. The Kier molecular flexibility index (Phi) is 7.78. The second-order valence-electron chi connectivity index (χ2n) is 8.64. The van der Waals surface area contributed by atoms with Crippen LogP contribution in [0.3, 0.4) is 0 Å². The summed E-state index contributed by atoms with van der Waals surface area (Å²) in [6.07, 6.45) is -2.24. The molecule has 1 aromatic carbocycles. The third kappa shape index (κ3) is 5.97. The maximum absolute atomic E-state index is 14.6. The number of benzene rings is 1. The van der Waals surface area contributed by atoms with Gasteiger partial charge in [-0.3, -0.25) is 0 Å². The Morgan fingerprint density at radius 3 is 2.00 bits per heavy atom. The second kappa shape index (κ2) is 10.0. The molecule has 2 aliphatic carbocycles. The second-order valence-corrected chi connectivity index (χ2v) is 8.64. The fourth-order valence-corrected chi connectivity index (χ4v) is 4.43. The molecule has 0 bridgehead atoms. The highest BCUT2D eigenvalue weighted by Crippen LogP contribution is 2.43. The van der Waals surface area contributed by atoms with Crippen molar-refractivity contribution in [2.75, 3.05) is 0 Å². The van der Waals surface area contributed by atoms with Crippen LogP contribution in [0.2, 0.25) is 0 Å². The van der Waals surface area contributed by atoms with E-state index >= 15 is 0 Å². The molecule has 0 saturated heterocycles. The van der Waals surface area contributed by atoms with Gasteiger partial charge in [0, 0.05) is 12.1 Å². The molecular formula is C23H27F7O2. The Hall–Kier alpha value is -1.77. The summed E-state index contributed by atoms with van der Waals surface area (Å²) in [7, 11) is 0. The van der Waals surface area contributed by atoms with Crippen molar-refractivity contribution < 1.29 is 40.2 Å². The van der Waals surface area contributed by atoms with Crippen LogP contribution in [0.4, 0.5) is 30.7 Å². The number of hydrogen-bond acceptors (Lipinski definition) is 2. The third-order valence-corrected chi connectivity index (χ3v) is 6.24. The Labute approximate surface area is 182 Å². The van der Waals surface area contributed by atoms with E-state index in [-0.39, 0.29) is 25.7 Å². The van der Waals surface area contributed by atoms with Gasteiger partial charge in [-0.1, -0.05) is 25.5 Å². The molecule has 0 N–H and O–H groups in total. The lowest BCUT2D eigenvalue weighted by molar-refractivity contribution is -0.295. The summed E-state index contributed by atoms with van der Waals surface area (Å²) in [6, 6.07) is 0.675. The number of halogens is 7. The standard InChI is InChI=1S/C23H27F7O2/c1-2-3-14-4-6-15(7-5-14)22(27,28)31-17-10-8-16(9-11-17)23(29,30)32-18-12-19(24)21(26)20(25)13-18/h4,6,12-17H,2-3,5,7-11H2,1H3. The highest BCUT2D eigenvalue weighted by molar-refractivity contribution is 5.25. The lowest BCUT2D eigenvalue weighted by Crippen LogP contribution is -2.41. The molecule has 1 aromatic rings. The Balaban J connectivity index is 1.53. The zero-order chi connectivity index (χ0) is 23.5.